The van der Waals surface area contributed by atoms with E-state index in [1.165, 1.54) is 6.21 Å². The monoisotopic (exact) mass is 363 g/mol. The first-order valence-electron chi connectivity index (χ1n) is 7.23. The number of rotatable bonds is 4. The van der Waals surface area contributed by atoms with E-state index in [0.29, 0.717) is 5.70 Å². The van der Waals surface area contributed by atoms with Crippen molar-refractivity contribution in [1.29, 1.82) is 0 Å². The van der Waals surface area contributed by atoms with Crippen LogP contribution in [0, 0.1) is 5.92 Å². The van der Waals surface area contributed by atoms with Gasteiger partial charge < -0.3 is 5.32 Å². The summed E-state index contributed by atoms with van der Waals surface area (Å²) in [6.07, 6.45) is 8.65. The fraction of sp³-hybridized carbons (Fsp3) is 0.235. The molecule has 0 fully saturated rings. The molecule has 2 heterocycles. The number of nitrogens with one attached hydrogen (secondary N) is 1. The molecule has 0 saturated heterocycles. The van der Waals surface area contributed by atoms with E-state index in [4.69, 9.17) is 0 Å². The van der Waals surface area contributed by atoms with Crippen molar-refractivity contribution >= 4 is 41.8 Å². The lowest BCUT2D eigenvalue weighted by Gasteiger charge is -2.24. The molecular formula is C17H18ClN3O2S. The summed E-state index contributed by atoms with van der Waals surface area (Å²) in [5.41, 5.74) is 2.50. The van der Waals surface area contributed by atoms with E-state index >= 15 is 0 Å². The van der Waals surface area contributed by atoms with Crippen LogP contribution in [0.5, 0.6) is 0 Å². The maximum absolute atomic E-state index is 12.6. The van der Waals surface area contributed by atoms with Gasteiger partial charge in [-0.1, -0.05) is 6.08 Å². The third-order valence-corrected chi connectivity index (χ3v) is 4.48. The van der Waals surface area contributed by atoms with Gasteiger partial charge in [-0.15, -0.1) is 12.4 Å². The van der Waals surface area contributed by atoms with E-state index in [2.05, 4.69) is 10.3 Å². The summed E-state index contributed by atoms with van der Waals surface area (Å²) in [5, 5.41) is 6.87. The molecule has 3 rings (SSSR count). The Morgan fingerprint density at radius 1 is 1.42 bits per heavy atom. The van der Waals surface area contributed by atoms with Gasteiger partial charge in [-0.05, 0) is 60.3 Å². The highest BCUT2D eigenvalue weighted by Crippen LogP contribution is 2.26. The van der Waals surface area contributed by atoms with Crippen LogP contribution in [0.25, 0.3) is 0 Å². The van der Waals surface area contributed by atoms with Crippen LogP contribution >= 0.6 is 23.7 Å². The predicted octanol–water partition coefficient (Wildman–Crippen LogP) is 2.50. The number of thiophene rings is 1. The summed E-state index contributed by atoms with van der Waals surface area (Å²) in [4.78, 5) is 30.0. The molecule has 2 unspecified atom stereocenters. The van der Waals surface area contributed by atoms with Crippen LogP contribution in [-0.4, -0.2) is 37.0 Å². The zero-order valence-corrected chi connectivity index (χ0v) is 14.9. The molecule has 7 heteroatoms. The van der Waals surface area contributed by atoms with Crippen molar-refractivity contribution < 1.29 is 9.59 Å². The van der Waals surface area contributed by atoms with E-state index in [-0.39, 0.29) is 36.2 Å². The molecule has 1 aromatic heterocycles. The topological polar surface area (TPSA) is 61.8 Å². The van der Waals surface area contributed by atoms with Crippen molar-refractivity contribution in [3.8, 4) is 0 Å². The van der Waals surface area contributed by atoms with E-state index in [1.54, 1.807) is 29.6 Å². The summed E-state index contributed by atoms with van der Waals surface area (Å²) >= 11 is 1.57. The molecule has 1 aliphatic heterocycles. The highest BCUT2D eigenvalue weighted by Gasteiger charge is 2.26. The second-order valence-corrected chi connectivity index (χ2v) is 6.41. The molecule has 2 aliphatic rings. The Balaban J connectivity index is 0.00000208. The molecule has 0 aromatic carbocycles. The summed E-state index contributed by atoms with van der Waals surface area (Å²) in [5.74, 6) is -0.605. The lowest BCUT2D eigenvalue weighted by molar-refractivity contribution is -0.125. The average molecular weight is 364 g/mol. The minimum atomic E-state index is -0.350. The van der Waals surface area contributed by atoms with Crippen LogP contribution in [-0.2, 0) is 9.59 Å². The number of allylic oxidation sites excluding steroid dienone is 3. The molecule has 0 bridgehead atoms. The number of hydrogen-bond acceptors (Lipinski definition) is 4. The van der Waals surface area contributed by atoms with Gasteiger partial charge in [0.05, 0.1) is 5.92 Å². The molecule has 2 amide bonds. The van der Waals surface area contributed by atoms with E-state index in [9.17, 15) is 9.59 Å². The van der Waals surface area contributed by atoms with Crippen molar-refractivity contribution in [2.24, 2.45) is 10.9 Å². The number of likely N-dealkylation sites (N-methyl/N-ethyl adjacent to an activating group) is 1. The number of dihydropyridines is 1. The van der Waals surface area contributed by atoms with Crippen LogP contribution in [0.2, 0.25) is 0 Å². The number of carbonyl (C=O) groups is 2. The highest BCUT2D eigenvalue weighted by atomic mass is 35.5. The van der Waals surface area contributed by atoms with Crippen LogP contribution in [0.3, 0.4) is 0 Å². The van der Waals surface area contributed by atoms with Crippen molar-refractivity contribution in [2.45, 2.75) is 6.04 Å². The Kier molecular flexibility index (Phi) is 5.88. The lowest BCUT2D eigenvalue weighted by Crippen LogP contribution is -2.36. The van der Waals surface area contributed by atoms with Crippen molar-refractivity contribution in [3.05, 3.63) is 58.0 Å². The smallest absolute Gasteiger partial charge is 0.257 e. The van der Waals surface area contributed by atoms with Crippen LogP contribution < -0.4 is 5.32 Å². The fourth-order valence-electron chi connectivity index (χ4n) is 2.69. The van der Waals surface area contributed by atoms with Gasteiger partial charge in [-0.3, -0.25) is 14.5 Å². The lowest BCUT2D eigenvalue weighted by atomic mass is 9.91. The number of aliphatic imine (C=N–C) groups is 1. The molecule has 2 atom stereocenters. The molecule has 0 spiro atoms. The van der Waals surface area contributed by atoms with Gasteiger partial charge in [0, 0.05) is 11.9 Å². The van der Waals surface area contributed by atoms with Gasteiger partial charge in [0.15, 0.2) is 0 Å². The van der Waals surface area contributed by atoms with Crippen molar-refractivity contribution in [2.75, 3.05) is 14.1 Å². The molecule has 0 radical (unpaired) electrons. The Morgan fingerprint density at radius 2 is 2.21 bits per heavy atom. The summed E-state index contributed by atoms with van der Waals surface area (Å²) < 4.78 is 0. The van der Waals surface area contributed by atoms with Gasteiger partial charge in [0.1, 0.15) is 6.04 Å². The Hall–Kier alpha value is -2.02. The zero-order valence-electron chi connectivity index (χ0n) is 13.3. The standard InChI is InChI=1S/C17H17N3O2S.ClH/c1-20(2)15(12-6-8-23-10-12)17(22)19-13-3-4-14-11(9-13)5-7-18-16(14)21;/h3-10,14-15H,1-2H3,(H,19,22);1H. The molecule has 1 N–H and O–H groups in total. The van der Waals surface area contributed by atoms with Gasteiger partial charge in [-0.25, -0.2) is 4.99 Å². The minimum Gasteiger partial charge on any atom is -0.324 e. The third kappa shape index (κ3) is 3.72. The SMILES string of the molecule is CN(C)C(C(=O)NC1=CC2=CC=NC(=O)C2C=C1)c1ccsc1.Cl. The maximum atomic E-state index is 12.6. The summed E-state index contributed by atoms with van der Waals surface area (Å²) in [6.45, 7) is 0. The van der Waals surface area contributed by atoms with Crippen LogP contribution in [0.15, 0.2) is 57.4 Å². The zero-order chi connectivity index (χ0) is 16.4. The average Bonchev–Trinajstić information content (AvgIpc) is 3.01. The third-order valence-electron chi connectivity index (χ3n) is 3.78. The first kappa shape index (κ1) is 18.3. The summed E-state index contributed by atoms with van der Waals surface area (Å²) in [6, 6.07) is 1.60. The number of carbonyl (C=O) groups excluding carboxylic acids is 2. The number of halogens is 1. The first-order chi connectivity index (χ1) is 11.1. The predicted molar refractivity (Wildman–Crippen MR) is 98.4 cm³/mol. The largest absolute Gasteiger partial charge is 0.324 e. The molecule has 1 aromatic rings. The molecule has 1 aliphatic carbocycles. The molecule has 126 valence electrons. The Morgan fingerprint density at radius 3 is 2.88 bits per heavy atom. The maximum Gasteiger partial charge on any atom is 0.257 e. The van der Waals surface area contributed by atoms with E-state index in [1.807, 2.05) is 41.9 Å². The Bertz CT molecular complexity index is 748. The fourth-order valence-corrected chi connectivity index (χ4v) is 3.36. The highest BCUT2D eigenvalue weighted by molar-refractivity contribution is 7.08. The first-order valence-corrected chi connectivity index (χ1v) is 8.18. The normalized spacial score (nSPS) is 20.0. The molecule has 5 nitrogen and oxygen atoms in total. The second kappa shape index (κ2) is 7.70. The Labute approximate surface area is 150 Å². The van der Waals surface area contributed by atoms with E-state index < -0.39 is 0 Å². The number of amides is 2. The molecule has 0 saturated carbocycles. The summed E-state index contributed by atoms with van der Waals surface area (Å²) in [7, 11) is 3.75. The number of fused-ring (bicyclic) bond motifs is 1. The van der Waals surface area contributed by atoms with Crippen molar-refractivity contribution in [1.82, 2.24) is 10.2 Å². The van der Waals surface area contributed by atoms with Gasteiger partial charge in [0.2, 0.25) is 5.91 Å². The molecule has 24 heavy (non-hydrogen) atoms. The number of hydrogen-bond donors (Lipinski definition) is 1. The second-order valence-electron chi connectivity index (χ2n) is 5.63. The van der Waals surface area contributed by atoms with Gasteiger partial charge in [-0.2, -0.15) is 11.3 Å². The molecular weight excluding hydrogens is 346 g/mol. The van der Waals surface area contributed by atoms with E-state index in [0.717, 1.165) is 11.1 Å². The van der Waals surface area contributed by atoms with Gasteiger partial charge in [0.25, 0.3) is 5.91 Å². The number of nitrogens with zero attached hydrogens (tertiary/aromatic N) is 2. The van der Waals surface area contributed by atoms with Crippen LogP contribution in [0.4, 0.5) is 0 Å². The van der Waals surface area contributed by atoms with Crippen LogP contribution in [0.1, 0.15) is 11.6 Å². The quantitative estimate of drug-likeness (QED) is 0.894. The van der Waals surface area contributed by atoms with Gasteiger partial charge >= 0.3 is 0 Å². The van der Waals surface area contributed by atoms with Crippen molar-refractivity contribution in [3.63, 3.8) is 0 Å². The minimum absolute atomic E-state index is 0.